The van der Waals surface area contributed by atoms with E-state index >= 15 is 0 Å². The van der Waals surface area contributed by atoms with Crippen LogP contribution in [0.25, 0.3) is 22.1 Å². The number of ether oxygens (including phenoxy) is 1. The second-order valence-electron chi connectivity index (χ2n) is 5.95. The minimum Gasteiger partial charge on any atom is -0.463 e. The molecule has 0 atom stereocenters. The largest absolute Gasteiger partial charge is 0.463 e. The predicted molar refractivity (Wildman–Crippen MR) is 91.5 cm³/mol. The minimum atomic E-state index is -0.455. The fourth-order valence-corrected chi connectivity index (χ4v) is 2.78. The van der Waals surface area contributed by atoms with Crippen molar-refractivity contribution in [3.63, 3.8) is 0 Å². The van der Waals surface area contributed by atoms with Crippen molar-refractivity contribution in [2.24, 2.45) is 7.05 Å². The van der Waals surface area contributed by atoms with Gasteiger partial charge in [-0.15, -0.1) is 0 Å². The molecular weight excluding hydrogens is 322 g/mol. The standard InChI is InChI=1S/C19H15NO5/c1-11-3-5-13-14(10-23-17(13)7-11)18(21)24-9-12-4-6-16-15(8-12)20(2)19(22)25-16/h3-8,10H,9H2,1-2H3. The number of furan rings is 1. The van der Waals surface area contributed by atoms with E-state index in [0.717, 1.165) is 16.5 Å². The summed E-state index contributed by atoms with van der Waals surface area (Å²) in [5.41, 5.74) is 4.02. The third-order valence-corrected chi connectivity index (χ3v) is 4.18. The number of oxazole rings is 1. The third-order valence-electron chi connectivity index (χ3n) is 4.18. The number of hydrogen-bond acceptors (Lipinski definition) is 5. The Morgan fingerprint density at radius 1 is 1.16 bits per heavy atom. The first-order valence-electron chi connectivity index (χ1n) is 7.76. The number of hydrogen-bond donors (Lipinski definition) is 0. The fraction of sp³-hybridized carbons (Fsp3) is 0.158. The summed E-state index contributed by atoms with van der Waals surface area (Å²) in [5.74, 6) is -0.881. The molecule has 0 spiro atoms. The van der Waals surface area contributed by atoms with Gasteiger partial charge in [-0.25, -0.2) is 9.59 Å². The van der Waals surface area contributed by atoms with E-state index in [9.17, 15) is 9.59 Å². The number of nitrogens with zero attached hydrogens (tertiary/aromatic N) is 1. The van der Waals surface area contributed by atoms with Crippen LogP contribution in [0.3, 0.4) is 0 Å². The van der Waals surface area contributed by atoms with Crippen molar-refractivity contribution in [2.45, 2.75) is 13.5 Å². The Kier molecular flexibility index (Phi) is 3.46. The predicted octanol–water partition coefficient (Wildman–Crippen LogP) is 3.54. The maximum Gasteiger partial charge on any atom is 0.419 e. The second kappa shape index (κ2) is 5.66. The van der Waals surface area contributed by atoms with Crippen LogP contribution in [-0.4, -0.2) is 10.5 Å². The van der Waals surface area contributed by atoms with E-state index in [2.05, 4.69) is 0 Å². The monoisotopic (exact) mass is 337 g/mol. The zero-order valence-electron chi connectivity index (χ0n) is 13.7. The molecule has 2 heterocycles. The maximum absolute atomic E-state index is 12.4. The SMILES string of the molecule is Cc1ccc2c(C(=O)OCc3ccc4oc(=O)n(C)c4c3)coc2c1. The smallest absolute Gasteiger partial charge is 0.419 e. The highest BCUT2D eigenvalue weighted by atomic mass is 16.5. The van der Waals surface area contributed by atoms with Gasteiger partial charge in [-0.2, -0.15) is 0 Å². The summed E-state index contributed by atoms with van der Waals surface area (Å²) in [5, 5.41) is 0.725. The lowest BCUT2D eigenvalue weighted by Gasteiger charge is -2.04. The molecule has 0 N–H and O–H groups in total. The summed E-state index contributed by atoms with van der Waals surface area (Å²) < 4.78 is 17.3. The van der Waals surface area contributed by atoms with Crippen LogP contribution in [0.15, 0.2) is 56.3 Å². The van der Waals surface area contributed by atoms with Crippen LogP contribution in [0.1, 0.15) is 21.5 Å². The highest BCUT2D eigenvalue weighted by Gasteiger charge is 2.16. The molecule has 0 aliphatic carbocycles. The Morgan fingerprint density at radius 3 is 2.84 bits per heavy atom. The molecule has 2 aromatic heterocycles. The number of carbonyl (C=O) groups is 1. The van der Waals surface area contributed by atoms with E-state index in [0.29, 0.717) is 22.2 Å². The first kappa shape index (κ1) is 15.3. The van der Waals surface area contributed by atoms with Gasteiger partial charge in [0.1, 0.15) is 24.0 Å². The van der Waals surface area contributed by atoms with Crippen LogP contribution < -0.4 is 5.76 Å². The molecule has 0 saturated heterocycles. The molecule has 0 amide bonds. The summed E-state index contributed by atoms with van der Waals surface area (Å²) >= 11 is 0. The first-order valence-corrected chi connectivity index (χ1v) is 7.76. The average molecular weight is 337 g/mol. The van der Waals surface area contributed by atoms with Crippen LogP contribution in [0.2, 0.25) is 0 Å². The Morgan fingerprint density at radius 2 is 2.00 bits per heavy atom. The topological polar surface area (TPSA) is 74.6 Å². The van der Waals surface area contributed by atoms with Crippen molar-refractivity contribution in [3.8, 4) is 0 Å². The van der Waals surface area contributed by atoms with Crippen LogP contribution in [-0.2, 0) is 18.4 Å². The van der Waals surface area contributed by atoms with Gasteiger partial charge in [-0.05, 0) is 42.3 Å². The molecule has 2 aromatic carbocycles. The van der Waals surface area contributed by atoms with Crippen LogP contribution in [0.5, 0.6) is 0 Å². The van der Waals surface area contributed by atoms with Crippen molar-refractivity contribution in [1.82, 2.24) is 4.57 Å². The zero-order chi connectivity index (χ0) is 17.6. The molecule has 6 nitrogen and oxygen atoms in total. The molecule has 0 unspecified atom stereocenters. The van der Waals surface area contributed by atoms with Gasteiger partial charge in [0.05, 0.1) is 5.52 Å². The van der Waals surface area contributed by atoms with Gasteiger partial charge in [0.15, 0.2) is 5.58 Å². The zero-order valence-corrected chi connectivity index (χ0v) is 13.7. The van der Waals surface area contributed by atoms with Crippen molar-refractivity contribution in [2.75, 3.05) is 0 Å². The Bertz CT molecular complexity index is 1160. The molecule has 6 heteroatoms. The number of rotatable bonds is 3. The summed E-state index contributed by atoms with van der Waals surface area (Å²) in [6.45, 7) is 2.05. The summed E-state index contributed by atoms with van der Waals surface area (Å²) in [4.78, 5) is 23.9. The van der Waals surface area contributed by atoms with E-state index in [1.807, 2.05) is 25.1 Å². The number of esters is 1. The van der Waals surface area contributed by atoms with Gasteiger partial charge >= 0.3 is 11.7 Å². The number of aryl methyl sites for hydroxylation is 2. The van der Waals surface area contributed by atoms with Crippen molar-refractivity contribution < 1.29 is 18.4 Å². The van der Waals surface area contributed by atoms with Crippen molar-refractivity contribution in [1.29, 1.82) is 0 Å². The van der Waals surface area contributed by atoms with Crippen LogP contribution >= 0.6 is 0 Å². The third kappa shape index (κ3) is 2.61. The lowest BCUT2D eigenvalue weighted by Crippen LogP contribution is -2.08. The molecule has 0 bridgehead atoms. The van der Waals surface area contributed by atoms with Gasteiger partial charge in [-0.3, -0.25) is 4.57 Å². The molecule has 0 radical (unpaired) electrons. The maximum atomic E-state index is 12.4. The molecule has 126 valence electrons. The minimum absolute atomic E-state index is 0.0900. The van der Waals surface area contributed by atoms with Crippen LogP contribution in [0.4, 0.5) is 0 Å². The molecular formula is C19H15NO5. The van der Waals surface area contributed by atoms with Crippen molar-refractivity contribution in [3.05, 3.63) is 69.9 Å². The molecule has 4 aromatic rings. The normalized spacial score (nSPS) is 11.3. The summed E-state index contributed by atoms with van der Waals surface area (Å²) in [7, 11) is 1.63. The van der Waals surface area contributed by atoms with Gasteiger partial charge in [-0.1, -0.05) is 12.1 Å². The van der Waals surface area contributed by atoms with E-state index in [-0.39, 0.29) is 6.61 Å². The van der Waals surface area contributed by atoms with Crippen molar-refractivity contribution >= 4 is 28.0 Å². The molecule has 0 saturated carbocycles. The van der Waals surface area contributed by atoms with Gasteiger partial charge in [0.2, 0.25) is 0 Å². The fourth-order valence-electron chi connectivity index (χ4n) is 2.78. The number of carbonyl (C=O) groups excluding carboxylic acids is 1. The Labute approximate surface area is 142 Å². The quantitative estimate of drug-likeness (QED) is 0.535. The number of aromatic nitrogens is 1. The van der Waals surface area contributed by atoms with Crippen LogP contribution in [0, 0.1) is 6.92 Å². The summed E-state index contributed by atoms with van der Waals surface area (Å²) in [6.07, 6.45) is 1.41. The molecule has 4 rings (SSSR count). The van der Waals surface area contributed by atoms with Gasteiger partial charge < -0.3 is 13.6 Å². The Balaban J connectivity index is 1.57. The van der Waals surface area contributed by atoms with E-state index in [1.54, 1.807) is 25.2 Å². The molecule has 0 aliphatic heterocycles. The molecule has 0 aliphatic rings. The summed E-state index contributed by atoms with van der Waals surface area (Å²) in [6, 6.07) is 10.9. The Hall–Kier alpha value is -3.28. The highest BCUT2D eigenvalue weighted by Crippen LogP contribution is 2.23. The molecule has 0 fully saturated rings. The average Bonchev–Trinajstić information content (AvgIpc) is 3.14. The molecule has 25 heavy (non-hydrogen) atoms. The lowest BCUT2D eigenvalue weighted by molar-refractivity contribution is 0.0474. The first-order chi connectivity index (χ1) is 12.0. The highest BCUT2D eigenvalue weighted by molar-refractivity contribution is 6.03. The van der Waals surface area contributed by atoms with E-state index in [1.165, 1.54) is 10.8 Å². The number of benzene rings is 2. The van der Waals surface area contributed by atoms with E-state index < -0.39 is 11.7 Å². The second-order valence-corrected chi connectivity index (χ2v) is 5.95. The van der Waals surface area contributed by atoms with Gasteiger partial charge in [0.25, 0.3) is 0 Å². The lowest BCUT2D eigenvalue weighted by atomic mass is 10.1. The van der Waals surface area contributed by atoms with Gasteiger partial charge in [0, 0.05) is 12.4 Å². The van der Waals surface area contributed by atoms with E-state index in [4.69, 9.17) is 13.6 Å². The number of fused-ring (bicyclic) bond motifs is 2.